The highest BCUT2D eigenvalue weighted by Crippen LogP contribution is 2.29. The molecule has 1 rings (SSSR count). The maximum atomic E-state index is 12.1. The number of nitrogens with one attached hydrogen (secondary N) is 2. The molecule has 100 valence electrons. The van der Waals surface area contributed by atoms with Crippen molar-refractivity contribution < 1.29 is 4.79 Å². The summed E-state index contributed by atoms with van der Waals surface area (Å²) in [6, 6.07) is 0.367. The van der Waals surface area contributed by atoms with E-state index < -0.39 is 5.54 Å². The average molecular weight is 240 g/mol. The van der Waals surface area contributed by atoms with Gasteiger partial charge in [0.1, 0.15) is 0 Å². The summed E-state index contributed by atoms with van der Waals surface area (Å²) in [4.78, 5) is 12.1. The van der Waals surface area contributed by atoms with Gasteiger partial charge < -0.3 is 10.6 Å². The minimum absolute atomic E-state index is 0.131. The molecule has 3 heteroatoms. The van der Waals surface area contributed by atoms with E-state index in [2.05, 4.69) is 24.5 Å². The Labute approximate surface area is 106 Å². The summed E-state index contributed by atoms with van der Waals surface area (Å²) in [7, 11) is 0. The lowest BCUT2D eigenvalue weighted by Gasteiger charge is -2.35. The van der Waals surface area contributed by atoms with Gasteiger partial charge in [-0.2, -0.15) is 0 Å². The number of amides is 1. The Morgan fingerprint density at radius 2 is 1.88 bits per heavy atom. The van der Waals surface area contributed by atoms with Crippen LogP contribution in [0.25, 0.3) is 0 Å². The fraction of sp³-hybridized carbons (Fsp3) is 0.929. The van der Waals surface area contributed by atoms with Crippen molar-refractivity contribution in [2.75, 3.05) is 6.54 Å². The number of carbonyl (C=O) groups is 1. The van der Waals surface area contributed by atoms with Crippen molar-refractivity contribution in [1.82, 2.24) is 10.6 Å². The zero-order chi connectivity index (χ0) is 13.1. The first-order chi connectivity index (χ1) is 7.86. The summed E-state index contributed by atoms with van der Waals surface area (Å²) >= 11 is 0. The van der Waals surface area contributed by atoms with Gasteiger partial charge in [-0.1, -0.05) is 20.8 Å². The van der Waals surface area contributed by atoms with Crippen molar-refractivity contribution in [3.63, 3.8) is 0 Å². The SMILES string of the molecule is CCNC(C)(C)C(=O)NC1CCC(C)C(C)C1. The Hall–Kier alpha value is -0.570. The maximum absolute atomic E-state index is 12.1. The second-order valence-electron chi connectivity index (χ2n) is 6.09. The van der Waals surface area contributed by atoms with Crippen molar-refractivity contribution in [2.24, 2.45) is 11.8 Å². The molecule has 1 amide bonds. The zero-order valence-corrected chi connectivity index (χ0v) is 12.0. The van der Waals surface area contributed by atoms with Gasteiger partial charge in [0.2, 0.25) is 5.91 Å². The van der Waals surface area contributed by atoms with E-state index in [4.69, 9.17) is 0 Å². The number of hydrogen-bond acceptors (Lipinski definition) is 2. The number of rotatable bonds is 4. The van der Waals surface area contributed by atoms with Gasteiger partial charge in [0.15, 0.2) is 0 Å². The molecule has 2 N–H and O–H groups in total. The summed E-state index contributed by atoms with van der Waals surface area (Å²) < 4.78 is 0. The molecule has 0 saturated heterocycles. The summed E-state index contributed by atoms with van der Waals surface area (Å²) in [5.41, 5.74) is -0.457. The third-order valence-corrected chi connectivity index (χ3v) is 4.12. The molecule has 0 spiro atoms. The lowest BCUT2D eigenvalue weighted by atomic mass is 9.79. The fourth-order valence-corrected chi connectivity index (χ4v) is 2.57. The molecule has 17 heavy (non-hydrogen) atoms. The topological polar surface area (TPSA) is 41.1 Å². The molecule has 0 bridgehead atoms. The molecule has 3 unspecified atom stereocenters. The highest BCUT2D eigenvalue weighted by atomic mass is 16.2. The highest BCUT2D eigenvalue weighted by molar-refractivity contribution is 5.85. The number of hydrogen-bond donors (Lipinski definition) is 2. The lowest BCUT2D eigenvalue weighted by molar-refractivity contribution is -0.127. The minimum atomic E-state index is -0.457. The first-order valence-electron chi connectivity index (χ1n) is 6.92. The quantitative estimate of drug-likeness (QED) is 0.792. The van der Waals surface area contributed by atoms with Crippen LogP contribution < -0.4 is 10.6 Å². The van der Waals surface area contributed by atoms with Gasteiger partial charge in [-0.15, -0.1) is 0 Å². The first kappa shape index (κ1) is 14.5. The molecular weight excluding hydrogens is 212 g/mol. The predicted molar refractivity (Wildman–Crippen MR) is 71.9 cm³/mol. The van der Waals surface area contributed by atoms with E-state index >= 15 is 0 Å². The molecule has 1 saturated carbocycles. The molecule has 0 aromatic carbocycles. The lowest BCUT2D eigenvalue weighted by Crippen LogP contribution is -2.55. The molecule has 3 nitrogen and oxygen atoms in total. The third kappa shape index (κ3) is 3.98. The molecule has 0 aliphatic heterocycles. The van der Waals surface area contributed by atoms with Gasteiger partial charge in [0.05, 0.1) is 5.54 Å². The van der Waals surface area contributed by atoms with Gasteiger partial charge >= 0.3 is 0 Å². The highest BCUT2D eigenvalue weighted by Gasteiger charge is 2.31. The average Bonchev–Trinajstić information content (AvgIpc) is 2.23. The van der Waals surface area contributed by atoms with Crippen molar-refractivity contribution in [3.05, 3.63) is 0 Å². The molecular formula is C14H28N2O. The minimum Gasteiger partial charge on any atom is -0.352 e. The Morgan fingerprint density at radius 1 is 1.24 bits per heavy atom. The number of likely N-dealkylation sites (N-methyl/N-ethyl adjacent to an activating group) is 1. The molecule has 0 radical (unpaired) electrons. The Kier molecular flexibility index (Phi) is 4.99. The molecule has 1 aliphatic carbocycles. The molecule has 1 fully saturated rings. The van der Waals surface area contributed by atoms with Crippen LogP contribution >= 0.6 is 0 Å². The summed E-state index contributed by atoms with van der Waals surface area (Å²) in [6.07, 6.45) is 3.47. The largest absolute Gasteiger partial charge is 0.352 e. The molecule has 0 aromatic heterocycles. The van der Waals surface area contributed by atoms with E-state index in [0.717, 1.165) is 31.2 Å². The standard InChI is InChI=1S/C14H28N2O/c1-6-15-14(4,5)13(17)16-12-8-7-10(2)11(3)9-12/h10-12,15H,6-9H2,1-5H3,(H,16,17). The molecule has 0 heterocycles. The summed E-state index contributed by atoms with van der Waals surface area (Å²) in [5.74, 6) is 1.65. The van der Waals surface area contributed by atoms with Gasteiger partial charge in [0, 0.05) is 6.04 Å². The van der Waals surface area contributed by atoms with Crippen LogP contribution in [0.5, 0.6) is 0 Å². The third-order valence-electron chi connectivity index (χ3n) is 4.12. The van der Waals surface area contributed by atoms with Crippen LogP contribution in [0, 0.1) is 11.8 Å². The molecule has 3 atom stereocenters. The van der Waals surface area contributed by atoms with Crippen molar-refractivity contribution in [1.29, 1.82) is 0 Å². The first-order valence-corrected chi connectivity index (χ1v) is 6.92. The number of carbonyl (C=O) groups excluding carboxylic acids is 1. The van der Waals surface area contributed by atoms with Crippen LogP contribution in [0.3, 0.4) is 0 Å². The van der Waals surface area contributed by atoms with E-state index in [-0.39, 0.29) is 5.91 Å². The Bertz CT molecular complexity index is 263. The van der Waals surface area contributed by atoms with Crippen molar-refractivity contribution >= 4 is 5.91 Å². The molecule has 0 aromatic rings. The van der Waals surface area contributed by atoms with Crippen LogP contribution in [-0.2, 0) is 4.79 Å². The van der Waals surface area contributed by atoms with Crippen LogP contribution in [-0.4, -0.2) is 24.0 Å². The summed E-state index contributed by atoms with van der Waals surface area (Å²) in [6.45, 7) is 11.3. The zero-order valence-electron chi connectivity index (χ0n) is 12.0. The van der Waals surface area contributed by atoms with E-state index in [0.29, 0.717) is 6.04 Å². The fourth-order valence-electron chi connectivity index (χ4n) is 2.57. The second-order valence-corrected chi connectivity index (χ2v) is 6.09. The van der Waals surface area contributed by atoms with Gasteiger partial charge in [-0.25, -0.2) is 0 Å². The monoisotopic (exact) mass is 240 g/mol. The molecule has 1 aliphatic rings. The van der Waals surface area contributed by atoms with Crippen LogP contribution in [0.4, 0.5) is 0 Å². The smallest absolute Gasteiger partial charge is 0.239 e. The van der Waals surface area contributed by atoms with Crippen LogP contribution in [0.15, 0.2) is 0 Å². The normalized spacial score (nSPS) is 30.1. The van der Waals surface area contributed by atoms with Crippen LogP contribution in [0.2, 0.25) is 0 Å². The second kappa shape index (κ2) is 5.85. The summed E-state index contributed by atoms with van der Waals surface area (Å²) in [5, 5.41) is 6.41. The maximum Gasteiger partial charge on any atom is 0.239 e. The Morgan fingerprint density at radius 3 is 2.41 bits per heavy atom. The van der Waals surface area contributed by atoms with Crippen molar-refractivity contribution in [3.8, 4) is 0 Å². The predicted octanol–water partition coefficient (Wildman–Crippen LogP) is 2.32. The van der Waals surface area contributed by atoms with Gasteiger partial charge in [0.25, 0.3) is 0 Å². The van der Waals surface area contributed by atoms with Crippen LogP contribution in [0.1, 0.15) is 53.9 Å². The van der Waals surface area contributed by atoms with E-state index in [1.165, 1.54) is 6.42 Å². The van der Waals surface area contributed by atoms with Crippen molar-refractivity contribution in [2.45, 2.75) is 65.5 Å². The van der Waals surface area contributed by atoms with Gasteiger partial charge in [-0.3, -0.25) is 4.79 Å². The van der Waals surface area contributed by atoms with E-state index in [1.54, 1.807) is 0 Å². The van der Waals surface area contributed by atoms with Gasteiger partial charge in [-0.05, 0) is 51.5 Å². The Balaban J connectivity index is 2.46. The van der Waals surface area contributed by atoms with E-state index in [1.807, 2.05) is 20.8 Å². The van der Waals surface area contributed by atoms with E-state index in [9.17, 15) is 4.79 Å².